The Hall–Kier alpha value is -1.24. The Balaban J connectivity index is 2.85. The highest BCUT2D eigenvalue weighted by atomic mass is 35.5. The van der Waals surface area contributed by atoms with Gasteiger partial charge in [0.25, 0.3) is 0 Å². The van der Waals surface area contributed by atoms with Crippen LogP contribution in [0.4, 0.5) is 0 Å². The van der Waals surface area contributed by atoms with Gasteiger partial charge in [-0.1, -0.05) is 17.7 Å². The summed E-state index contributed by atoms with van der Waals surface area (Å²) < 4.78 is 5.26. The van der Waals surface area contributed by atoms with E-state index in [-0.39, 0.29) is 0 Å². The van der Waals surface area contributed by atoms with Gasteiger partial charge in [-0.05, 0) is 24.6 Å². The molecule has 0 spiro atoms. The van der Waals surface area contributed by atoms with Crippen LogP contribution in [0.25, 0.3) is 0 Å². The molecule has 1 aromatic rings. The van der Waals surface area contributed by atoms with E-state index in [1.807, 2.05) is 12.1 Å². The summed E-state index contributed by atoms with van der Waals surface area (Å²) in [4.78, 5) is 0. The van der Waals surface area contributed by atoms with Gasteiger partial charge >= 0.3 is 0 Å². The minimum Gasteiger partial charge on any atom is -0.474 e. The van der Waals surface area contributed by atoms with E-state index in [4.69, 9.17) is 27.3 Å². The molecule has 0 aliphatic heterocycles. The van der Waals surface area contributed by atoms with Crippen LogP contribution in [0.2, 0.25) is 5.02 Å². The van der Waals surface area contributed by atoms with Crippen molar-refractivity contribution in [2.45, 2.75) is 19.6 Å². The lowest BCUT2D eigenvalue weighted by Gasteiger charge is -2.09. The van der Waals surface area contributed by atoms with Gasteiger partial charge in [0, 0.05) is 6.54 Å². The molecule has 2 N–H and O–H groups in total. The fraction of sp³-hybridized carbons (Fsp3) is 0.300. The zero-order valence-electron chi connectivity index (χ0n) is 7.83. The number of halogens is 1. The molecule has 1 aromatic carbocycles. The van der Waals surface area contributed by atoms with Crippen LogP contribution in [0.15, 0.2) is 18.2 Å². The standard InChI is InChI=1S/C10H11ClN2O/c1-7(5-12)14-10-3-2-8(6-13)4-9(10)11/h2-4,7H,6,13H2,1H3. The van der Waals surface area contributed by atoms with Gasteiger partial charge in [-0.15, -0.1) is 0 Å². The Bertz CT molecular complexity index is 360. The Morgan fingerprint density at radius 3 is 2.86 bits per heavy atom. The molecule has 74 valence electrons. The van der Waals surface area contributed by atoms with Crippen molar-refractivity contribution in [1.29, 1.82) is 5.26 Å². The van der Waals surface area contributed by atoms with Crippen LogP contribution >= 0.6 is 11.6 Å². The van der Waals surface area contributed by atoms with E-state index in [2.05, 4.69) is 0 Å². The van der Waals surface area contributed by atoms with Crippen LogP contribution in [0.1, 0.15) is 12.5 Å². The number of hydrogen-bond donors (Lipinski definition) is 1. The number of benzene rings is 1. The van der Waals surface area contributed by atoms with Crippen LogP contribution < -0.4 is 10.5 Å². The van der Waals surface area contributed by atoms with Gasteiger partial charge in [0.1, 0.15) is 11.8 Å². The lowest BCUT2D eigenvalue weighted by Crippen LogP contribution is -2.08. The quantitative estimate of drug-likeness (QED) is 0.831. The molecule has 0 radical (unpaired) electrons. The monoisotopic (exact) mass is 210 g/mol. The van der Waals surface area contributed by atoms with E-state index in [9.17, 15) is 0 Å². The summed E-state index contributed by atoms with van der Waals surface area (Å²) >= 11 is 5.92. The zero-order valence-corrected chi connectivity index (χ0v) is 8.58. The minimum atomic E-state index is -0.503. The van der Waals surface area contributed by atoms with Crippen molar-refractivity contribution in [2.75, 3.05) is 0 Å². The van der Waals surface area contributed by atoms with Crippen molar-refractivity contribution in [2.24, 2.45) is 5.73 Å². The molecular weight excluding hydrogens is 200 g/mol. The molecule has 0 aliphatic carbocycles. The molecule has 0 heterocycles. The van der Waals surface area contributed by atoms with Crippen LogP contribution in [-0.4, -0.2) is 6.10 Å². The molecule has 0 aliphatic rings. The van der Waals surface area contributed by atoms with Crippen LogP contribution in [-0.2, 0) is 6.54 Å². The average Bonchev–Trinajstić information content (AvgIpc) is 2.20. The van der Waals surface area contributed by atoms with Gasteiger partial charge < -0.3 is 10.5 Å². The maximum atomic E-state index is 8.55. The highest BCUT2D eigenvalue weighted by molar-refractivity contribution is 6.32. The largest absolute Gasteiger partial charge is 0.474 e. The predicted octanol–water partition coefficient (Wildman–Crippen LogP) is 2.09. The SMILES string of the molecule is CC(C#N)Oc1ccc(CN)cc1Cl. The first-order valence-electron chi connectivity index (χ1n) is 4.22. The number of rotatable bonds is 3. The van der Waals surface area contributed by atoms with Gasteiger partial charge in [-0.2, -0.15) is 5.26 Å². The molecule has 0 fully saturated rings. The smallest absolute Gasteiger partial charge is 0.181 e. The van der Waals surface area contributed by atoms with E-state index >= 15 is 0 Å². The van der Waals surface area contributed by atoms with Gasteiger partial charge in [0.15, 0.2) is 6.10 Å². The third-order valence-electron chi connectivity index (χ3n) is 1.72. The molecule has 0 aromatic heterocycles. The second-order valence-corrected chi connectivity index (χ2v) is 3.27. The average molecular weight is 211 g/mol. The lowest BCUT2D eigenvalue weighted by atomic mass is 10.2. The molecule has 1 atom stereocenters. The molecule has 3 nitrogen and oxygen atoms in total. The Morgan fingerprint density at radius 1 is 1.64 bits per heavy atom. The molecule has 14 heavy (non-hydrogen) atoms. The van der Waals surface area contributed by atoms with Gasteiger partial charge in [-0.25, -0.2) is 0 Å². The van der Waals surface area contributed by atoms with Crippen LogP contribution in [0, 0.1) is 11.3 Å². The first-order chi connectivity index (χ1) is 6.67. The Labute approximate surface area is 88.0 Å². The zero-order chi connectivity index (χ0) is 10.6. The van der Waals surface area contributed by atoms with Gasteiger partial charge in [0.2, 0.25) is 0 Å². The normalized spacial score (nSPS) is 11.9. The predicted molar refractivity (Wildman–Crippen MR) is 55.0 cm³/mol. The van der Waals surface area contributed by atoms with E-state index in [1.54, 1.807) is 19.1 Å². The van der Waals surface area contributed by atoms with E-state index < -0.39 is 6.10 Å². The third kappa shape index (κ3) is 2.63. The Morgan fingerprint density at radius 2 is 2.36 bits per heavy atom. The summed E-state index contributed by atoms with van der Waals surface area (Å²) in [5, 5.41) is 9.03. The second-order valence-electron chi connectivity index (χ2n) is 2.86. The fourth-order valence-electron chi connectivity index (χ4n) is 0.984. The maximum Gasteiger partial charge on any atom is 0.181 e. The highest BCUT2D eigenvalue weighted by Gasteiger charge is 2.06. The number of nitriles is 1. The van der Waals surface area contributed by atoms with Gasteiger partial charge in [-0.3, -0.25) is 0 Å². The number of ether oxygens (including phenoxy) is 1. The van der Waals surface area contributed by atoms with E-state index in [0.29, 0.717) is 17.3 Å². The number of hydrogen-bond acceptors (Lipinski definition) is 3. The summed E-state index contributed by atoms with van der Waals surface area (Å²) in [6, 6.07) is 7.25. The van der Waals surface area contributed by atoms with Crippen LogP contribution in [0.5, 0.6) is 5.75 Å². The minimum absolute atomic E-state index is 0.438. The molecule has 0 amide bonds. The van der Waals surface area contributed by atoms with E-state index in [1.165, 1.54) is 0 Å². The topological polar surface area (TPSA) is 59.0 Å². The molecule has 4 heteroatoms. The summed E-state index contributed by atoms with van der Waals surface area (Å²) in [5.41, 5.74) is 6.38. The van der Waals surface area contributed by atoms with Crippen molar-refractivity contribution in [1.82, 2.24) is 0 Å². The van der Waals surface area contributed by atoms with Gasteiger partial charge in [0.05, 0.1) is 5.02 Å². The molecule has 0 saturated carbocycles. The molecule has 1 unspecified atom stereocenters. The fourth-order valence-corrected chi connectivity index (χ4v) is 1.23. The van der Waals surface area contributed by atoms with Crippen molar-refractivity contribution in [3.05, 3.63) is 28.8 Å². The number of nitrogens with zero attached hydrogens (tertiary/aromatic N) is 1. The number of nitrogens with two attached hydrogens (primary N) is 1. The van der Waals surface area contributed by atoms with Crippen molar-refractivity contribution < 1.29 is 4.74 Å². The first-order valence-corrected chi connectivity index (χ1v) is 4.60. The molecular formula is C10H11ClN2O. The lowest BCUT2D eigenvalue weighted by molar-refractivity contribution is 0.276. The first kappa shape index (κ1) is 10.8. The third-order valence-corrected chi connectivity index (χ3v) is 2.01. The van der Waals surface area contributed by atoms with Crippen molar-refractivity contribution in [3.63, 3.8) is 0 Å². The summed E-state index contributed by atoms with van der Waals surface area (Å²) in [7, 11) is 0. The maximum absolute atomic E-state index is 8.55. The van der Waals surface area contributed by atoms with Crippen molar-refractivity contribution in [3.8, 4) is 11.8 Å². The summed E-state index contributed by atoms with van der Waals surface area (Å²) in [6.07, 6.45) is -0.503. The molecule has 0 saturated heterocycles. The highest BCUT2D eigenvalue weighted by Crippen LogP contribution is 2.26. The molecule has 0 bridgehead atoms. The Kier molecular flexibility index (Phi) is 3.75. The van der Waals surface area contributed by atoms with Crippen molar-refractivity contribution >= 4 is 11.6 Å². The second kappa shape index (κ2) is 4.85. The summed E-state index contributed by atoms with van der Waals surface area (Å²) in [5.74, 6) is 0.512. The molecule has 1 rings (SSSR count). The van der Waals surface area contributed by atoms with E-state index in [0.717, 1.165) is 5.56 Å². The summed E-state index contributed by atoms with van der Waals surface area (Å²) in [6.45, 7) is 2.10. The van der Waals surface area contributed by atoms with Crippen LogP contribution in [0.3, 0.4) is 0 Å².